The molecule has 0 aliphatic heterocycles. The highest BCUT2D eigenvalue weighted by Crippen LogP contribution is 2.34. The Bertz CT molecular complexity index is 1320. The summed E-state index contributed by atoms with van der Waals surface area (Å²) in [5.74, 6) is -0.693. The van der Waals surface area contributed by atoms with Crippen molar-refractivity contribution in [3.05, 3.63) is 67.6 Å². The molecular weight excluding hydrogens is 496 g/mol. The summed E-state index contributed by atoms with van der Waals surface area (Å²) in [6, 6.07) is 10.8. The van der Waals surface area contributed by atoms with Crippen LogP contribution in [0.2, 0.25) is 0 Å². The summed E-state index contributed by atoms with van der Waals surface area (Å²) in [5.41, 5.74) is 16.6. The first-order valence-corrected chi connectivity index (χ1v) is 12.8. The van der Waals surface area contributed by atoms with Gasteiger partial charge in [-0.15, -0.1) is 20.4 Å². The number of carbonyl (C=O) groups excluding carboxylic acids is 2. The molecule has 36 heavy (non-hydrogen) atoms. The van der Waals surface area contributed by atoms with E-state index in [1.807, 2.05) is 50.2 Å². The van der Waals surface area contributed by atoms with Crippen LogP contribution in [0.4, 0.5) is 11.4 Å². The largest absolute Gasteiger partial charge is 0.322 e. The van der Waals surface area contributed by atoms with Crippen LogP contribution in [0, 0.1) is 13.8 Å². The Morgan fingerprint density at radius 2 is 1.11 bits per heavy atom. The van der Waals surface area contributed by atoms with Gasteiger partial charge in [-0.05, 0) is 62.1 Å². The number of rotatable bonds is 7. The first kappa shape index (κ1) is 25.5. The zero-order valence-electron chi connectivity index (χ0n) is 20.2. The molecule has 2 heterocycles. The molecule has 4 aromatic rings. The van der Waals surface area contributed by atoms with Crippen molar-refractivity contribution in [2.45, 2.75) is 39.8 Å². The Kier molecular flexibility index (Phi) is 7.50. The van der Waals surface area contributed by atoms with Crippen molar-refractivity contribution in [1.82, 2.24) is 20.4 Å². The molecule has 2 aromatic carbocycles. The molecule has 12 heteroatoms. The minimum atomic E-state index is -0.347. The summed E-state index contributed by atoms with van der Waals surface area (Å²) in [5, 5.41) is 23.4. The average Bonchev–Trinajstić information content (AvgIpc) is 3.53. The van der Waals surface area contributed by atoms with E-state index in [4.69, 9.17) is 11.5 Å². The lowest BCUT2D eigenvalue weighted by Crippen LogP contribution is -2.13. The van der Waals surface area contributed by atoms with Crippen LogP contribution < -0.4 is 22.1 Å². The number of nitrogens with one attached hydrogen (secondary N) is 2. The SMILES string of the molecule is Cc1c(NC(=O)c2nnc([C@H](C)N)s2)cccc1-c1cccc(NC(=O)c2nnc([C@H](C)N)s2)c1C. The molecule has 0 aliphatic carbocycles. The molecule has 4 rings (SSSR count). The summed E-state index contributed by atoms with van der Waals surface area (Å²) < 4.78 is 0. The van der Waals surface area contributed by atoms with Crippen molar-refractivity contribution in [3.8, 4) is 11.1 Å². The smallest absolute Gasteiger partial charge is 0.286 e. The van der Waals surface area contributed by atoms with Gasteiger partial charge in [-0.1, -0.05) is 46.9 Å². The normalized spacial score (nSPS) is 12.7. The molecule has 0 saturated carbocycles. The number of nitrogens with zero attached hydrogens (tertiary/aromatic N) is 4. The van der Waals surface area contributed by atoms with E-state index in [0.29, 0.717) is 21.4 Å². The number of hydrogen-bond donors (Lipinski definition) is 4. The zero-order chi connectivity index (χ0) is 26.0. The van der Waals surface area contributed by atoms with Gasteiger partial charge in [0.25, 0.3) is 11.8 Å². The van der Waals surface area contributed by atoms with E-state index in [0.717, 1.165) is 22.3 Å². The van der Waals surface area contributed by atoms with Crippen LogP contribution in [0.5, 0.6) is 0 Å². The molecule has 0 radical (unpaired) electrons. The van der Waals surface area contributed by atoms with E-state index in [2.05, 4.69) is 31.0 Å². The van der Waals surface area contributed by atoms with Crippen LogP contribution in [0.1, 0.15) is 66.7 Å². The number of nitrogens with two attached hydrogens (primary N) is 2. The summed E-state index contributed by atoms with van der Waals surface area (Å²) >= 11 is 2.34. The van der Waals surface area contributed by atoms with Gasteiger partial charge in [-0.2, -0.15) is 0 Å². The molecule has 0 unspecified atom stereocenters. The van der Waals surface area contributed by atoms with E-state index in [9.17, 15) is 9.59 Å². The highest BCUT2D eigenvalue weighted by Gasteiger charge is 2.19. The van der Waals surface area contributed by atoms with Gasteiger partial charge >= 0.3 is 0 Å². The quantitative estimate of drug-likeness (QED) is 0.280. The fourth-order valence-electron chi connectivity index (χ4n) is 3.50. The van der Waals surface area contributed by atoms with E-state index in [-0.39, 0.29) is 33.9 Å². The van der Waals surface area contributed by atoms with Gasteiger partial charge in [0.05, 0.1) is 12.1 Å². The Labute approximate surface area is 216 Å². The molecule has 2 aromatic heterocycles. The number of benzene rings is 2. The second-order valence-electron chi connectivity index (χ2n) is 8.33. The van der Waals surface area contributed by atoms with Gasteiger partial charge in [0.1, 0.15) is 10.0 Å². The predicted octanol–water partition coefficient (Wildman–Crippen LogP) is 4.22. The molecule has 0 fully saturated rings. The number of aromatic nitrogens is 4. The average molecular weight is 523 g/mol. The lowest BCUT2D eigenvalue weighted by Gasteiger charge is -2.16. The van der Waals surface area contributed by atoms with Crippen LogP contribution in [0.3, 0.4) is 0 Å². The molecular formula is C24H26N8O2S2. The van der Waals surface area contributed by atoms with E-state index in [1.165, 1.54) is 22.7 Å². The number of carbonyl (C=O) groups is 2. The standard InChI is InChI=1S/C24H26N8O2S2/c1-11-15(7-5-9-17(11)27-19(33)23-31-29-21(35-23)13(3)25)16-8-6-10-18(12(16)2)28-20(34)24-32-30-22(36-24)14(4)26/h5-10,13-14H,25-26H2,1-4H3,(H,27,33)(H,28,34)/t13-,14-/m0/s1. The van der Waals surface area contributed by atoms with Crippen LogP contribution in [0.25, 0.3) is 11.1 Å². The lowest BCUT2D eigenvalue weighted by molar-refractivity contribution is 0.101. The fourth-order valence-corrected chi connectivity index (χ4v) is 4.88. The summed E-state index contributed by atoms with van der Waals surface area (Å²) in [7, 11) is 0. The van der Waals surface area contributed by atoms with Crippen molar-refractivity contribution in [2.24, 2.45) is 11.5 Å². The van der Waals surface area contributed by atoms with Crippen molar-refractivity contribution in [2.75, 3.05) is 10.6 Å². The van der Waals surface area contributed by atoms with Gasteiger partial charge < -0.3 is 22.1 Å². The van der Waals surface area contributed by atoms with Crippen molar-refractivity contribution >= 4 is 45.9 Å². The van der Waals surface area contributed by atoms with Crippen LogP contribution in [0.15, 0.2) is 36.4 Å². The van der Waals surface area contributed by atoms with Crippen molar-refractivity contribution in [3.63, 3.8) is 0 Å². The Morgan fingerprint density at radius 3 is 1.44 bits per heavy atom. The predicted molar refractivity (Wildman–Crippen MR) is 142 cm³/mol. The highest BCUT2D eigenvalue weighted by molar-refractivity contribution is 7.13. The number of amides is 2. The van der Waals surface area contributed by atoms with Crippen LogP contribution in [-0.2, 0) is 0 Å². The first-order valence-electron chi connectivity index (χ1n) is 11.2. The van der Waals surface area contributed by atoms with E-state index >= 15 is 0 Å². The third-order valence-corrected chi connectivity index (χ3v) is 7.75. The summed E-state index contributed by atoms with van der Waals surface area (Å²) in [6.07, 6.45) is 0. The molecule has 186 valence electrons. The van der Waals surface area contributed by atoms with Crippen LogP contribution in [-0.4, -0.2) is 32.2 Å². The molecule has 6 N–H and O–H groups in total. The fraction of sp³-hybridized carbons (Fsp3) is 0.250. The monoisotopic (exact) mass is 522 g/mol. The van der Waals surface area contributed by atoms with Gasteiger partial charge in [-0.25, -0.2) is 0 Å². The van der Waals surface area contributed by atoms with E-state index in [1.54, 1.807) is 13.8 Å². The zero-order valence-corrected chi connectivity index (χ0v) is 21.8. The topological polar surface area (TPSA) is 162 Å². The second kappa shape index (κ2) is 10.6. The number of anilines is 2. The van der Waals surface area contributed by atoms with Gasteiger partial charge in [0.2, 0.25) is 10.0 Å². The molecule has 0 aliphatic rings. The minimum Gasteiger partial charge on any atom is -0.322 e. The molecule has 0 spiro atoms. The van der Waals surface area contributed by atoms with E-state index < -0.39 is 0 Å². The maximum Gasteiger partial charge on any atom is 0.286 e. The molecule has 0 bridgehead atoms. The summed E-state index contributed by atoms with van der Waals surface area (Å²) in [4.78, 5) is 25.5. The Hall–Kier alpha value is -3.58. The van der Waals surface area contributed by atoms with Crippen molar-refractivity contribution < 1.29 is 9.59 Å². The molecule has 2 amide bonds. The van der Waals surface area contributed by atoms with Gasteiger partial charge in [-0.3, -0.25) is 9.59 Å². The third-order valence-electron chi connectivity index (χ3n) is 5.50. The first-order chi connectivity index (χ1) is 17.2. The Balaban J connectivity index is 1.58. The molecule has 2 atom stereocenters. The number of hydrogen-bond acceptors (Lipinski definition) is 10. The molecule has 0 saturated heterocycles. The van der Waals surface area contributed by atoms with Crippen molar-refractivity contribution in [1.29, 1.82) is 0 Å². The highest BCUT2D eigenvalue weighted by atomic mass is 32.1. The maximum absolute atomic E-state index is 12.8. The third kappa shape index (κ3) is 5.31. The Morgan fingerprint density at radius 1 is 0.722 bits per heavy atom. The van der Waals surface area contributed by atoms with Crippen LogP contribution >= 0.6 is 22.7 Å². The second-order valence-corrected chi connectivity index (χ2v) is 10.4. The summed E-state index contributed by atoms with van der Waals surface area (Å²) in [6.45, 7) is 7.44. The van der Waals surface area contributed by atoms with Gasteiger partial charge in [0, 0.05) is 11.4 Å². The lowest BCUT2D eigenvalue weighted by atomic mass is 9.94. The molecule has 10 nitrogen and oxygen atoms in total. The van der Waals surface area contributed by atoms with Gasteiger partial charge in [0.15, 0.2) is 0 Å². The minimum absolute atomic E-state index is 0.247. The maximum atomic E-state index is 12.8.